The van der Waals surface area contributed by atoms with E-state index in [-0.39, 0.29) is 11.5 Å². The van der Waals surface area contributed by atoms with Crippen molar-refractivity contribution in [3.63, 3.8) is 0 Å². The summed E-state index contributed by atoms with van der Waals surface area (Å²) in [6.07, 6.45) is 1.16. The van der Waals surface area contributed by atoms with Crippen LogP contribution in [0.25, 0.3) is 0 Å². The Morgan fingerprint density at radius 1 is 1.43 bits per heavy atom. The van der Waals surface area contributed by atoms with Crippen LogP contribution in [0, 0.1) is 22.0 Å². The maximum Gasteiger partial charge on any atom is 0.270 e. The van der Waals surface area contributed by atoms with E-state index in [1.807, 2.05) is 0 Å². The maximum absolute atomic E-state index is 10.9. The number of nitrogens with two attached hydrogens (primary N) is 1. The SMILES string of the molecule is CC1CC(C)CN(c2ccc([N+](=O)[O-])cc2C(N)=NO)C1. The van der Waals surface area contributed by atoms with Gasteiger partial charge in [0.2, 0.25) is 0 Å². The van der Waals surface area contributed by atoms with Gasteiger partial charge in [-0.2, -0.15) is 0 Å². The molecule has 2 atom stereocenters. The van der Waals surface area contributed by atoms with Crippen molar-refractivity contribution < 1.29 is 10.1 Å². The minimum absolute atomic E-state index is 0.0709. The fourth-order valence-electron chi connectivity index (χ4n) is 3.03. The lowest BCUT2D eigenvalue weighted by atomic mass is 9.91. The van der Waals surface area contributed by atoms with Gasteiger partial charge >= 0.3 is 0 Å². The number of benzene rings is 1. The molecule has 0 amide bonds. The fourth-order valence-corrected chi connectivity index (χ4v) is 3.03. The fraction of sp³-hybridized carbons (Fsp3) is 0.500. The molecule has 0 aliphatic carbocycles. The molecule has 1 fully saturated rings. The number of oxime groups is 1. The topological polar surface area (TPSA) is 105 Å². The summed E-state index contributed by atoms with van der Waals surface area (Å²) in [5, 5.41) is 22.8. The number of nitrogens with zero attached hydrogens (tertiary/aromatic N) is 3. The molecule has 21 heavy (non-hydrogen) atoms. The van der Waals surface area contributed by atoms with E-state index in [0.717, 1.165) is 25.2 Å². The van der Waals surface area contributed by atoms with Crippen LogP contribution in [0.4, 0.5) is 11.4 Å². The molecule has 1 aliphatic rings. The Labute approximate surface area is 123 Å². The third-order valence-corrected chi connectivity index (χ3v) is 3.78. The first kappa shape index (κ1) is 15.1. The number of hydrogen-bond acceptors (Lipinski definition) is 5. The smallest absolute Gasteiger partial charge is 0.270 e. The molecule has 0 radical (unpaired) electrons. The zero-order valence-corrected chi connectivity index (χ0v) is 12.2. The standard InChI is InChI=1S/C14H20N4O3/c1-9-5-10(2)8-17(7-9)13-4-3-11(18(20)21)6-12(13)14(15)16-19/h3-4,6,9-10,19H,5,7-8H2,1-2H3,(H2,15,16). The quantitative estimate of drug-likeness (QED) is 0.292. The Hall–Kier alpha value is -2.31. The van der Waals surface area contributed by atoms with Gasteiger partial charge in [-0.05, 0) is 24.3 Å². The monoisotopic (exact) mass is 292 g/mol. The number of anilines is 1. The molecule has 7 nitrogen and oxygen atoms in total. The minimum Gasteiger partial charge on any atom is -0.409 e. The van der Waals surface area contributed by atoms with E-state index in [9.17, 15) is 10.1 Å². The predicted molar refractivity (Wildman–Crippen MR) is 80.8 cm³/mol. The van der Waals surface area contributed by atoms with Crippen molar-refractivity contribution >= 4 is 17.2 Å². The number of nitro groups is 1. The van der Waals surface area contributed by atoms with Gasteiger partial charge in [0.05, 0.1) is 10.5 Å². The molecule has 0 saturated carbocycles. The second-order valence-corrected chi connectivity index (χ2v) is 5.79. The molecule has 3 N–H and O–H groups in total. The first-order valence-electron chi connectivity index (χ1n) is 6.93. The molecule has 114 valence electrons. The molecular formula is C14H20N4O3. The van der Waals surface area contributed by atoms with Gasteiger partial charge < -0.3 is 15.8 Å². The summed E-state index contributed by atoms with van der Waals surface area (Å²) in [5.74, 6) is 0.952. The Balaban J connectivity index is 2.44. The molecule has 0 bridgehead atoms. The summed E-state index contributed by atoms with van der Waals surface area (Å²) >= 11 is 0. The lowest BCUT2D eigenvalue weighted by molar-refractivity contribution is -0.384. The summed E-state index contributed by atoms with van der Waals surface area (Å²) in [4.78, 5) is 12.6. The maximum atomic E-state index is 10.9. The highest BCUT2D eigenvalue weighted by Crippen LogP contribution is 2.31. The van der Waals surface area contributed by atoms with Crippen LogP contribution in [0.3, 0.4) is 0 Å². The van der Waals surface area contributed by atoms with Gasteiger partial charge in [-0.1, -0.05) is 19.0 Å². The lowest BCUT2D eigenvalue weighted by Gasteiger charge is -2.37. The highest BCUT2D eigenvalue weighted by Gasteiger charge is 2.25. The lowest BCUT2D eigenvalue weighted by Crippen LogP contribution is -2.39. The van der Waals surface area contributed by atoms with E-state index in [4.69, 9.17) is 10.9 Å². The second-order valence-electron chi connectivity index (χ2n) is 5.79. The highest BCUT2D eigenvalue weighted by molar-refractivity contribution is 6.02. The average molecular weight is 292 g/mol. The van der Waals surface area contributed by atoms with Crippen molar-refractivity contribution in [2.45, 2.75) is 20.3 Å². The van der Waals surface area contributed by atoms with Crippen LogP contribution < -0.4 is 10.6 Å². The molecular weight excluding hydrogens is 272 g/mol. The summed E-state index contributed by atoms with van der Waals surface area (Å²) in [7, 11) is 0. The van der Waals surface area contributed by atoms with Gasteiger partial charge in [0.15, 0.2) is 5.84 Å². The molecule has 2 rings (SSSR count). The highest BCUT2D eigenvalue weighted by atomic mass is 16.6. The van der Waals surface area contributed by atoms with Crippen molar-refractivity contribution in [3.05, 3.63) is 33.9 Å². The molecule has 2 unspecified atom stereocenters. The predicted octanol–water partition coefficient (Wildman–Crippen LogP) is 2.17. The van der Waals surface area contributed by atoms with E-state index in [2.05, 4.69) is 23.9 Å². The Morgan fingerprint density at radius 2 is 2.05 bits per heavy atom. The average Bonchev–Trinajstić information content (AvgIpc) is 2.44. The van der Waals surface area contributed by atoms with E-state index >= 15 is 0 Å². The van der Waals surface area contributed by atoms with Gasteiger partial charge in [-0.3, -0.25) is 10.1 Å². The van der Waals surface area contributed by atoms with Crippen molar-refractivity contribution in [2.75, 3.05) is 18.0 Å². The molecule has 1 saturated heterocycles. The Morgan fingerprint density at radius 3 is 2.57 bits per heavy atom. The number of hydrogen-bond donors (Lipinski definition) is 2. The largest absolute Gasteiger partial charge is 0.409 e. The first-order valence-corrected chi connectivity index (χ1v) is 6.93. The number of nitro benzene ring substituents is 1. The molecule has 1 aliphatic heterocycles. The van der Waals surface area contributed by atoms with Gasteiger partial charge in [0, 0.05) is 30.9 Å². The molecule has 7 heteroatoms. The minimum atomic E-state index is -0.487. The Kier molecular flexibility index (Phi) is 4.30. The second kappa shape index (κ2) is 5.99. The Bertz CT molecular complexity index is 563. The summed E-state index contributed by atoms with van der Waals surface area (Å²) in [6, 6.07) is 4.48. The number of non-ortho nitro benzene ring substituents is 1. The summed E-state index contributed by atoms with van der Waals surface area (Å²) in [6.45, 7) is 6.07. The van der Waals surface area contributed by atoms with Crippen molar-refractivity contribution in [2.24, 2.45) is 22.7 Å². The molecule has 0 aromatic heterocycles. The summed E-state index contributed by atoms with van der Waals surface area (Å²) < 4.78 is 0. The normalized spacial score (nSPS) is 23.1. The zero-order valence-electron chi connectivity index (χ0n) is 12.2. The number of rotatable bonds is 3. The van der Waals surface area contributed by atoms with Crippen LogP contribution in [-0.4, -0.2) is 29.1 Å². The van der Waals surface area contributed by atoms with Crippen molar-refractivity contribution in [1.82, 2.24) is 0 Å². The van der Waals surface area contributed by atoms with E-state index in [0.29, 0.717) is 17.4 Å². The van der Waals surface area contributed by atoms with E-state index < -0.39 is 4.92 Å². The third kappa shape index (κ3) is 3.24. The summed E-state index contributed by atoms with van der Waals surface area (Å²) in [5.41, 5.74) is 6.79. The van der Waals surface area contributed by atoms with Crippen LogP contribution in [0.1, 0.15) is 25.8 Å². The van der Waals surface area contributed by atoms with Crippen LogP contribution in [-0.2, 0) is 0 Å². The van der Waals surface area contributed by atoms with Crippen LogP contribution >= 0.6 is 0 Å². The van der Waals surface area contributed by atoms with E-state index in [1.165, 1.54) is 12.1 Å². The number of piperidine rings is 1. The van der Waals surface area contributed by atoms with Crippen LogP contribution in [0.15, 0.2) is 23.4 Å². The van der Waals surface area contributed by atoms with E-state index in [1.54, 1.807) is 6.07 Å². The first-order chi connectivity index (χ1) is 9.92. The zero-order chi connectivity index (χ0) is 15.6. The molecule has 1 heterocycles. The molecule has 1 aromatic rings. The van der Waals surface area contributed by atoms with Crippen LogP contribution in [0.5, 0.6) is 0 Å². The number of amidine groups is 1. The van der Waals surface area contributed by atoms with Gasteiger partial charge in [-0.25, -0.2) is 0 Å². The third-order valence-electron chi connectivity index (χ3n) is 3.78. The molecule has 0 spiro atoms. The van der Waals surface area contributed by atoms with Gasteiger partial charge in [0.25, 0.3) is 5.69 Å². The van der Waals surface area contributed by atoms with Crippen molar-refractivity contribution in [1.29, 1.82) is 0 Å². The molecule has 1 aromatic carbocycles. The van der Waals surface area contributed by atoms with Gasteiger partial charge in [0.1, 0.15) is 0 Å². The van der Waals surface area contributed by atoms with Crippen molar-refractivity contribution in [3.8, 4) is 0 Å². The van der Waals surface area contributed by atoms with Gasteiger partial charge in [-0.15, -0.1) is 0 Å². The van der Waals surface area contributed by atoms with Crippen LogP contribution in [0.2, 0.25) is 0 Å².